The monoisotopic (exact) mass is 131 g/mol. The maximum Gasteiger partial charge on any atom is 0.0721 e. The van der Waals surface area contributed by atoms with E-state index in [0.717, 1.165) is 6.42 Å². The third-order valence-corrected chi connectivity index (χ3v) is 1.60. The fourth-order valence-electron chi connectivity index (χ4n) is 1.02. The van der Waals surface area contributed by atoms with E-state index in [9.17, 15) is 0 Å². The molecule has 1 aliphatic rings. The van der Waals surface area contributed by atoms with Crippen LogP contribution in [0.5, 0.6) is 0 Å². The summed E-state index contributed by atoms with van der Waals surface area (Å²) in [7, 11) is 0. The molecule has 0 aliphatic carbocycles. The molecule has 3 heteroatoms. The minimum absolute atomic E-state index is 0.0914. The molecular weight excluding hydrogens is 118 g/mol. The van der Waals surface area contributed by atoms with Gasteiger partial charge in [0.05, 0.1) is 12.2 Å². The van der Waals surface area contributed by atoms with Gasteiger partial charge in [-0.05, 0) is 6.42 Å². The molecule has 1 rings (SSSR count). The Labute approximate surface area is 54.8 Å². The zero-order valence-electron chi connectivity index (χ0n) is 5.42. The van der Waals surface area contributed by atoms with Crippen LogP contribution in [-0.4, -0.2) is 30.5 Å². The normalized spacial score (nSPS) is 36.7. The van der Waals surface area contributed by atoms with Crippen LogP contribution in [0.25, 0.3) is 0 Å². The fourth-order valence-corrected chi connectivity index (χ4v) is 1.02. The van der Waals surface area contributed by atoms with Gasteiger partial charge in [0.2, 0.25) is 0 Å². The van der Waals surface area contributed by atoms with E-state index in [2.05, 4.69) is 0 Å². The first-order valence-electron chi connectivity index (χ1n) is 3.32. The fraction of sp³-hybridized carbons (Fsp3) is 1.00. The van der Waals surface area contributed by atoms with Crippen molar-refractivity contribution in [1.29, 1.82) is 0 Å². The van der Waals surface area contributed by atoms with Crippen LogP contribution < -0.4 is 5.73 Å². The smallest absolute Gasteiger partial charge is 0.0721 e. The molecule has 1 fully saturated rings. The third kappa shape index (κ3) is 1.93. The van der Waals surface area contributed by atoms with E-state index in [0.29, 0.717) is 19.6 Å². The van der Waals surface area contributed by atoms with E-state index in [4.69, 9.17) is 15.6 Å². The van der Waals surface area contributed by atoms with Gasteiger partial charge in [0.25, 0.3) is 0 Å². The van der Waals surface area contributed by atoms with Gasteiger partial charge in [-0.2, -0.15) is 0 Å². The van der Waals surface area contributed by atoms with Crippen molar-refractivity contribution < 1.29 is 9.84 Å². The van der Waals surface area contributed by atoms with Crippen LogP contribution in [0.15, 0.2) is 0 Å². The Morgan fingerprint density at radius 1 is 1.67 bits per heavy atom. The van der Waals surface area contributed by atoms with Crippen molar-refractivity contribution in [3.8, 4) is 0 Å². The molecule has 9 heavy (non-hydrogen) atoms. The zero-order chi connectivity index (χ0) is 6.69. The summed E-state index contributed by atoms with van der Waals surface area (Å²) in [5, 5.41) is 9.08. The Morgan fingerprint density at radius 3 is 2.89 bits per heavy atom. The van der Waals surface area contributed by atoms with Crippen LogP contribution in [0.3, 0.4) is 0 Å². The van der Waals surface area contributed by atoms with Crippen molar-refractivity contribution in [2.24, 2.45) is 5.73 Å². The van der Waals surface area contributed by atoms with Gasteiger partial charge in [-0.1, -0.05) is 0 Å². The highest BCUT2D eigenvalue weighted by Gasteiger charge is 2.18. The van der Waals surface area contributed by atoms with Gasteiger partial charge in [-0.25, -0.2) is 0 Å². The average molecular weight is 131 g/mol. The summed E-state index contributed by atoms with van der Waals surface area (Å²) in [5.74, 6) is 0. The molecule has 0 radical (unpaired) electrons. The van der Waals surface area contributed by atoms with Crippen molar-refractivity contribution in [2.75, 3.05) is 13.2 Å². The first kappa shape index (κ1) is 6.99. The molecule has 1 unspecified atom stereocenters. The number of hydrogen-bond donors (Lipinski definition) is 2. The van der Waals surface area contributed by atoms with Crippen molar-refractivity contribution >= 4 is 0 Å². The van der Waals surface area contributed by atoms with E-state index >= 15 is 0 Å². The Morgan fingerprint density at radius 2 is 2.44 bits per heavy atom. The van der Waals surface area contributed by atoms with Crippen LogP contribution in [0.2, 0.25) is 0 Å². The Bertz CT molecular complexity index is 87.1. The van der Waals surface area contributed by atoms with E-state index in [-0.39, 0.29) is 12.2 Å². The van der Waals surface area contributed by atoms with Gasteiger partial charge < -0.3 is 15.6 Å². The SMILES string of the molecule is NCC1C[C@@H](O)CCO1. The van der Waals surface area contributed by atoms with Gasteiger partial charge in [0.1, 0.15) is 0 Å². The molecule has 0 bridgehead atoms. The minimum Gasteiger partial charge on any atom is -0.393 e. The topological polar surface area (TPSA) is 55.5 Å². The van der Waals surface area contributed by atoms with E-state index < -0.39 is 0 Å². The van der Waals surface area contributed by atoms with Gasteiger partial charge in [-0.15, -0.1) is 0 Å². The van der Waals surface area contributed by atoms with Gasteiger partial charge in [0.15, 0.2) is 0 Å². The summed E-state index contributed by atoms with van der Waals surface area (Å²) >= 11 is 0. The van der Waals surface area contributed by atoms with Crippen LogP contribution in [0.4, 0.5) is 0 Å². The quantitative estimate of drug-likeness (QED) is 0.503. The highest BCUT2D eigenvalue weighted by Crippen LogP contribution is 2.11. The van der Waals surface area contributed by atoms with E-state index in [1.54, 1.807) is 0 Å². The molecule has 54 valence electrons. The van der Waals surface area contributed by atoms with Crippen molar-refractivity contribution in [3.63, 3.8) is 0 Å². The Balaban J connectivity index is 2.23. The molecule has 0 spiro atoms. The molecule has 0 aromatic rings. The number of aliphatic hydroxyl groups excluding tert-OH is 1. The van der Waals surface area contributed by atoms with Crippen LogP contribution in [0.1, 0.15) is 12.8 Å². The molecule has 0 saturated carbocycles. The second-order valence-corrected chi connectivity index (χ2v) is 2.41. The minimum atomic E-state index is -0.188. The lowest BCUT2D eigenvalue weighted by molar-refractivity contribution is -0.0383. The van der Waals surface area contributed by atoms with Crippen LogP contribution in [-0.2, 0) is 4.74 Å². The summed E-state index contributed by atoms with van der Waals surface area (Å²) in [6.45, 7) is 1.18. The average Bonchev–Trinajstić information content (AvgIpc) is 1.88. The summed E-state index contributed by atoms with van der Waals surface area (Å²) < 4.78 is 5.21. The molecule has 1 heterocycles. The number of hydrogen-bond acceptors (Lipinski definition) is 3. The van der Waals surface area contributed by atoms with E-state index in [1.165, 1.54) is 0 Å². The highest BCUT2D eigenvalue weighted by molar-refractivity contribution is 4.70. The molecular formula is C6H13NO2. The van der Waals surface area contributed by atoms with E-state index in [1.807, 2.05) is 0 Å². The summed E-state index contributed by atoms with van der Waals surface area (Å²) in [5.41, 5.74) is 5.33. The van der Waals surface area contributed by atoms with Crippen molar-refractivity contribution in [2.45, 2.75) is 25.0 Å². The lowest BCUT2D eigenvalue weighted by Crippen LogP contribution is -2.34. The second kappa shape index (κ2) is 3.15. The second-order valence-electron chi connectivity index (χ2n) is 2.41. The lowest BCUT2D eigenvalue weighted by Gasteiger charge is -2.24. The summed E-state index contributed by atoms with van der Waals surface area (Å²) in [4.78, 5) is 0. The standard InChI is InChI=1S/C6H13NO2/c7-4-6-3-5(8)1-2-9-6/h5-6,8H,1-4,7H2/t5-,6?/m0/s1. The molecule has 0 aromatic heterocycles. The van der Waals surface area contributed by atoms with Crippen LogP contribution in [0, 0.1) is 0 Å². The Kier molecular flexibility index (Phi) is 2.45. The predicted octanol–water partition coefficient (Wildman–Crippen LogP) is -0.515. The number of ether oxygens (including phenoxy) is 1. The Hall–Kier alpha value is -0.120. The molecule has 0 amide bonds. The maximum atomic E-state index is 9.08. The van der Waals surface area contributed by atoms with Crippen LogP contribution >= 0.6 is 0 Å². The third-order valence-electron chi connectivity index (χ3n) is 1.60. The number of nitrogens with two attached hydrogens (primary N) is 1. The number of aliphatic hydroxyl groups is 1. The maximum absolute atomic E-state index is 9.08. The molecule has 1 aliphatic heterocycles. The lowest BCUT2D eigenvalue weighted by atomic mass is 10.1. The van der Waals surface area contributed by atoms with Gasteiger partial charge in [-0.3, -0.25) is 0 Å². The first-order chi connectivity index (χ1) is 4.33. The largest absolute Gasteiger partial charge is 0.393 e. The molecule has 2 atom stereocenters. The molecule has 1 saturated heterocycles. The first-order valence-corrected chi connectivity index (χ1v) is 3.32. The summed E-state index contributed by atoms with van der Waals surface area (Å²) in [6.07, 6.45) is 1.37. The molecule has 0 aromatic carbocycles. The predicted molar refractivity (Wildman–Crippen MR) is 34.0 cm³/mol. The zero-order valence-corrected chi connectivity index (χ0v) is 5.42. The van der Waals surface area contributed by atoms with Gasteiger partial charge >= 0.3 is 0 Å². The highest BCUT2D eigenvalue weighted by atomic mass is 16.5. The van der Waals surface area contributed by atoms with Crippen molar-refractivity contribution in [3.05, 3.63) is 0 Å². The van der Waals surface area contributed by atoms with Crippen molar-refractivity contribution in [1.82, 2.24) is 0 Å². The van der Waals surface area contributed by atoms with Gasteiger partial charge in [0, 0.05) is 19.6 Å². The summed E-state index contributed by atoms with van der Waals surface area (Å²) in [6, 6.07) is 0. The molecule has 3 N–H and O–H groups in total. The number of rotatable bonds is 1. The molecule has 3 nitrogen and oxygen atoms in total.